The maximum atomic E-state index is 6.44. The molecule has 1 aromatic carbocycles. The summed E-state index contributed by atoms with van der Waals surface area (Å²) in [5.41, 5.74) is 7.31. The molecule has 1 unspecified atom stereocenters. The van der Waals surface area contributed by atoms with E-state index in [1.54, 1.807) is 7.11 Å². The standard InChI is InChI=1S/C14H22N2O2/c1-14(15,16-6-8-18-9-7-16)11-12-4-3-5-13(10-12)17-2/h3-5,10H,6-9,11,15H2,1-2H3. The van der Waals surface area contributed by atoms with Gasteiger partial charge in [0.15, 0.2) is 0 Å². The summed E-state index contributed by atoms with van der Waals surface area (Å²) >= 11 is 0. The Labute approximate surface area is 109 Å². The first-order chi connectivity index (χ1) is 8.62. The van der Waals surface area contributed by atoms with Crippen molar-refractivity contribution in [2.45, 2.75) is 19.0 Å². The van der Waals surface area contributed by atoms with E-state index < -0.39 is 0 Å². The first kappa shape index (κ1) is 13.3. The molecule has 1 atom stereocenters. The van der Waals surface area contributed by atoms with E-state index in [-0.39, 0.29) is 5.66 Å². The number of benzene rings is 1. The van der Waals surface area contributed by atoms with Crippen molar-refractivity contribution in [3.63, 3.8) is 0 Å². The lowest BCUT2D eigenvalue weighted by molar-refractivity contribution is -0.0142. The van der Waals surface area contributed by atoms with Crippen molar-refractivity contribution in [3.8, 4) is 5.75 Å². The lowest BCUT2D eigenvalue weighted by atomic mass is 10.00. The largest absolute Gasteiger partial charge is 0.497 e. The summed E-state index contributed by atoms with van der Waals surface area (Å²) in [6.07, 6.45) is 0.810. The van der Waals surface area contributed by atoms with E-state index in [0.29, 0.717) is 0 Å². The zero-order chi connectivity index (χ0) is 13.0. The molecule has 1 saturated heterocycles. The van der Waals surface area contributed by atoms with Gasteiger partial charge in [0.05, 0.1) is 26.0 Å². The van der Waals surface area contributed by atoms with E-state index in [9.17, 15) is 0 Å². The summed E-state index contributed by atoms with van der Waals surface area (Å²) in [5, 5.41) is 0. The summed E-state index contributed by atoms with van der Waals surface area (Å²) < 4.78 is 10.6. The van der Waals surface area contributed by atoms with Gasteiger partial charge >= 0.3 is 0 Å². The Hall–Kier alpha value is -1.10. The number of hydrogen-bond donors (Lipinski definition) is 1. The number of nitrogens with zero attached hydrogens (tertiary/aromatic N) is 1. The fourth-order valence-electron chi connectivity index (χ4n) is 2.38. The van der Waals surface area contributed by atoms with Gasteiger partial charge in [-0.3, -0.25) is 4.90 Å². The zero-order valence-corrected chi connectivity index (χ0v) is 11.2. The molecule has 1 aromatic rings. The van der Waals surface area contributed by atoms with Crippen LogP contribution in [0.3, 0.4) is 0 Å². The number of nitrogens with two attached hydrogens (primary N) is 1. The predicted octanol–water partition coefficient (Wildman–Crippen LogP) is 1.24. The first-order valence-corrected chi connectivity index (χ1v) is 6.36. The fraction of sp³-hybridized carbons (Fsp3) is 0.571. The highest BCUT2D eigenvalue weighted by Gasteiger charge is 2.28. The van der Waals surface area contributed by atoms with Crippen molar-refractivity contribution in [1.82, 2.24) is 4.90 Å². The Kier molecular flexibility index (Phi) is 4.22. The third-order valence-corrected chi connectivity index (χ3v) is 3.43. The van der Waals surface area contributed by atoms with Gasteiger partial charge in [-0.05, 0) is 24.6 Å². The van der Waals surface area contributed by atoms with Gasteiger partial charge in [0.25, 0.3) is 0 Å². The van der Waals surface area contributed by atoms with E-state index in [2.05, 4.69) is 17.9 Å². The van der Waals surface area contributed by atoms with Gasteiger partial charge in [-0.15, -0.1) is 0 Å². The molecule has 0 saturated carbocycles. The van der Waals surface area contributed by atoms with Crippen LogP contribution in [-0.4, -0.2) is 44.0 Å². The Morgan fingerprint density at radius 2 is 2.11 bits per heavy atom. The van der Waals surface area contributed by atoms with Crippen LogP contribution in [-0.2, 0) is 11.2 Å². The molecule has 18 heavy (non-hydrogen) atoms. The molecule has 0 amide bonds. The molecule has 1 aliphatic rings. The molecule has 0 bridgehead atoms. The summed E-state index contributed by atoms with van der Waals surface area (Å²) in [4.78, 5) is 2.29. The van der Waals surface area contributed by atoms with Crippen LogP contribution in [0.2, 0.25) is 0 Å². The summed E-state index contributed by atoms with van der Waals surface area (Å²) in [5.74, 6) is 0.880. The van der Waals surface area contributed by atoms with Crippen molar-refractivity contribution < 1.29 is 9.47 Å². The van der Waals surface area contributed by atoms with E-state index in [1.807, 2.05) is 18.2 Å². The maximum Gasteiger partial charge on any atom is 0.119 e. The summed E-state index contributed by atoms with van der Waals surface area (Å²) in [6.45, 7) is 5.42. The Bertz CT molecular complexity index is 387. The van der Waals surface area contributed by atoms with Crippen molar-refractivity contribution >= 4 is 0 Å². The predicted molar refractivity (Wildman–Crippen MR) is 71.7 cm³/mol. The quantitative estimate of drug-likeness (QED) is 0.873. The topological polar surface area (TPSA) is 47.7 Å². The van der Waals surface area contributed by atoms with Crippen molar-refractivity contribution in [1.29, 1.82) is 0 Å². The lowest BCUT2D eigenvalue weighted by Gasteiger charge is -2.40. The number of ether oxygens (including phenoxy) is 2. The minimum Gasteiger partial charge on any atom is -0.497 e. The van der Waals surface area contributed by atoms with Crippen LogP contribution in [0, 0.1) is 0 Å². The van der Waals surface area contributed by atoms with Gasteiger partial charge < -0.3 is 15.2 Å². The maximum absolute atomic E-state index is 6.44. The van der Waals surface area contributed by atoms with Crippen molar-refractivity contribution in [2.24, 2.45) is 5.73 Å². The second-order valence-corrected chi connectivity index (χ2v) is 4.98. The minimum absolute atomic E-state index is 0.337. The van der Waals surface area contributed by atoms with Gasteiger partial charge in [0.2, 0.25) is 0 Å². The van der Waals surface area contributed by atoms with Gasteiger partial charge in [-0.1, -0.05) is 12.1 Å². The molecular weight excluding hydrogens is 228 g/mol. The van der Waals surface area contributed by atoms with Gasteiger partial charge in [-0.2, -0.15) is 0 Å². The van der Waals surface area contributed by atoms with Gasteiger partial charge in [0, 0.05) is 19.5 Å². The van der Waals surface area contributed by atoms with E-state index in [0.717, 1.165) is 38.5 Å². The van der Waals surface area contributed by atoms with Crippen molar-refractivity contribution in [3.05, 3.63) is 29.8 Å². The van der Waals surface area contributed by atoms with Crippen molar-refractivity contribution in [2.75, 3.05) is 33.4 Å². The Morgan fingerprint density at radius 3 is 2.78 bits per heavy atom. The number of rotatable bonds is 4. The van der Waals surface area contributed by atoms with E-state index >= 15 is 0 Å². The number of methoxy groups -OCH3 is 1. The average Bonchev–Trinajstić information content (AvgIpc) is 2.39. The number of morpholine rings is 1. The van der Waals surface area contributed by atoms with Crippen LogP contribution in [0.5, 0.6) is 5.75 Å². The van der Waals surface area contributed by atoms with E-state index in [4.69, 9.17) is 15.2 Å². The molecule has 2 rings (SSSR count). The Morgan fingerprint density at radius 1 is 1.39 bits per heavy atom. The molecule has 4 heteroatoms. The van der Waals surface area contributed by atoms with Crippen LogP contribution >= 0.6 is 0 Å². The molecule has 0 spiro atoms. The lowest BCUT2D eigenvalue weighted by Crippen LogP contribution is -2.58. The molecule has 100 valence electrons. The zero-order valence-electron chi connectivity index (χ0n) is 11.2. The van der Waals surface area contributed by atoms with Crippen LogP contribution in [0.15, 0.2) is 24.3 Å². The normalized spacial score (nSPS) is 20.4. The molecule has 1 fully saturated rings. The summed E-state index contributed by atoms with van der Waals surface area (Å²) in [7, 11) is 1.68. The first-order valence-electron chi connectivity index (χ1n) is 6.36. The molecule has 4 nitrogen and oxygen atoms in total. The van der Waals surface area contributed by atoms with Crippen LogP contribution in [0.1, 0.15) is 12.5 Å². The highest BCUT2D eigenvalue weighted by Crippen LogP contribution is 2.20. The highest BCUT2D eigenvalue weighted by molar-refractivity contribution is 5.29. The van der Waals surface area contributed by atoms with Crippen LogP contribution < -0.4 is 10.5 Å². The average molecular weight is 250 g/mol. The third kappa shape index (κ3) is 3.22. The van der Waals surface area contributed by atoms with E-state index in [1.165, 1.54) is 5.56 Å². The highest BCUT2D eigenvalue weighted by atomic mass is 16.5. The molecule has 2 N–H and O–H groups in total. The third-order valence-electron chi connectivity index (χ3n) is 3.43. The van der Waals surface area contributed by atoms with Gasteiger partial charge in [-0.25, -0.2) is 0 Å². The second-order valence-electron chi connectivity index (χ2n) is 4.98. The second kappa shape index (κ2) is 5.69. The molecule has 0 aromatic heterocycles. The van der Waals surface area contributed by atoms with Crippen LogP contribution in [0.4, 0.5) is 0 Å². The Balaban J connectivity index is 2.05. The minimum atomic E-state index is -0.337. The smallest absolute Gasteiger partial charge is 0.119 e. The van der Waals surface area contributed by atoms with Crippen LogP contribution in [0.25, 0.3) is 0 Å². The number of hydrogen-bond acceptors (Lipinski definition) is 4. The fourth-order valence-corrected chi connectivity index (χ4v) is 2.38. The summed E-state index contributed by atoms with van der Waals surface area (Å²) in [6, 6.07) is 8.09. The monoisotopic (exact) mass is 250 g/mol. The molecule has 1 aliphatic heterocycles. The molecule has 0 aliphatic carbocycles. The van der Waals surface area contributed by atoms with Gasteiger partial charge in [0.1, 0.15) is 5.75 Å². The molecular formula is C14H22N2O2. The molecule has 0 radical (unpaired) electrons. The molecule has 1 heterocycles. The SMILES string of the molecule is COc1cccc(CC(C)(N)N2CCOCC2)c1.